The maximum Gasteiger partial charge on any atom is 0.251 e. The van der Waals surface area contributed by atoms with Crippen LogP contribution in [0.4, 0.5) is 0 Å². The quantitative estimate of drug-likeness (QED) is 0.372. The third kappa shape index (κ3) is 6.80. The molecule has 0 aliphatic carbocycles. The lowest BCUT2D eigenvalue weighted by Crippen LogP contribution is -2.41. The van der Waals surface area contributed by atoms with E-state index < -0.39 is 15.6 Å². The number of ether oxygens (including phenoxy) is 2. The van der Waals surface area contributed by atoms with Gasteiger partial charge < -0.3 is 14.8 Å². The zero-order valence-corrected chi connectivity index (χ0v) is 23.2. The van der Waals surface area contributed by atoms with Crippen LogP contribution in [0, 0.1) is 0 Å². The lowest BCUT2D eigenvalue weighted by Gasteiger charge is -2.26. The van der Waals surface area contributed by atoms with E-state index in [2.05, 4.69) is 10.0 Å². The van der Waals surface area contributed by atoms with Crippen molar-refractivity contribution in [3.8, 4) is 22.9 Å². The topological polar surface area (TPSA) is 112 Å². The van der Waals surface area contributed by atoms with E-state index >= 15 is 0 Å². The average Bonchev–Trinajstić information content (AvgIpc) is 3.57. The lowest BCUT2D eigenvalue weighted by atomic mass is 9.93. The predicted molar refractivity (Wildman–Crippen MR) is 147 cm³/mol. The molecular weight excluding hydrogens is 504 g/mol. The van der Waals surface area contributed by atoms with Crippen LogP contribution in [0.15, 0.2) is 54.6 Å². The molecule has 9 nitrogen and oxygen atoms in total. The molecule has 4 rings (SSSR count). The highest BCUT2D eigenvalue weighted by atomic mass is 32.2. The van der Waals surface area contributed by atoms with Gasteiger partial charge in [-0.25, -0.2) is 17.8 Å². The van der Waals surface area contributed by atoms with Crippen molar-refractivity contribution in [2.24, 2.45) is 0 Å². The summed E-state index contributed by atoms with van der Waals surface area (Å²) < 4.78 is 40.5. The van der Waals surface area contributed by atoms with Crippen LogP contribution in [0.2, 0.25) is 0 Å². The molecule has 0 bridgehead atoms. The number of amides is 1. The van der Waals surface area contributed by atoms with E-state index in [0.717, 1.165) is 30.6 Å². The van der Waals surface area contributed by atoms with E-state index in [9.17, 15) is 13.2 Å². The molecule has 2 heterocycles. The van der Waals surface area contributed by atoms with Gasteiger partial charge in [0.1, 0.15) is 5.75 Å². The summed E-state index contributed by atoms with van der Waals surface area (Å²) in [5.74, 6) is 1.02. The van der Waals surface area contributed by atoms with Gasteiger partial charge in [-0.1, -0.05) is 18.2 Å². The minimum atomic E-state index is -3.38. The van der Waals surface area contributed by atoms with Crippen LogP contribution >= 0.6 is 0 Å². The number of carbonyl (C=O) groups is 1. The van der Waals surface area contributed by atoms with Crippen molar-refractivity contribution in [2.45, 2.75) is 58.7 Å². The molecule has 204 valence electrons. The van der Waals surface area contributed by atoms with Crippen LogP contribution in [0.5, 0.6) is 11.6 Å². The van der Waals surface area contributed by atoms with Crippen LogP contribution in [-0.4, -0.2) is 49.1 Å². The molecule has 1 atom stereocenters. The highest BCUT2D eigenvalue weighted by Crippen LogP contribution is 2.30. The van der Waals surface area contributed by atoms with Gasteiger partial charge in [0.05, 0.1) is 23.1 Å². The number of benzene rings is 2. The van der Waals surface area contributed by atoms with Gasteiger partial charge in [0, 0.05) is 36.9 Å². The average molecular weight is 541 g/mol. The summed E-state index contributed by atoms with van der Waals surface area (Å²) in [5.41, 5.74) is 2.16. The number of rotatable bonds is 11. The number of hydrogen-bond donors (Lipinski definition) is 2. The molecule has 1 saturated heterocycles. The molecule has 2 aromatic carbocycles. The highest BCUT2D eigenvalue weighted by Gasteiger charge is 2.26. The van der Waals surface area contributed by atoms with E-state index in [0.29, 0.717) is 36.0 Å². The Morgan fingerprint density at radius 1 is 1.16 bits per heavy atom. The number of carbonyl (C=O) groups excluding carboxylic acids is 1. The lowest BCUT2D eigenvalue weighted by molar-refractivity contribution is 0.0857. The van der Waals surface area contributed by atoms with Crippen molar-refractivity contribution in [3.05, 3.63) is 65.7 Å². The van der Waals surface area contributed by atoms with Gasteiger partial charge in [-0.15, -0.1) is 0 Å². The number of hydrogen-bond acceptors (Lipinski definition) is 6. The van der Waals surface area contributed by atoms with Crippen molar-refractivity contribution in [1.82, 2.24) is 19.8 Å². The SMILES string of the molecule is CCn1nc(-c2cccc(C(C)(C)NS(=O)(=O)CC)c2)cc1Oc1ccc(C(=O)NCC2CCCO2)cc1. The highest BCUT2D eigenvalue weighted by molar-refractivity contribution is 7.89. The summed E-state index contributed by atoms with van der Waals surface area (Å²) in [6.07, 6.45) is 2.10. The number of aryl methyl sites for hydroxylation is 1. The minimum Gasteiger partial charge on any atom is -0.439 e. The molecular formula is C28H36N4O5S. The monoisotopic (exact) mass is 540 g/mol. The Hall–Kier alpha value is -3.21. The van der Waals surface area contributed by atoms with Crippen molar-refractivity contribution >= 4 is 15.9 Å². The van der Waals surface area contributed by atoms with Crippen LogP contribution < -0.4 is 14.8 Å². The molecule has 1 aromatic heterocycles. The van der Waals surface area contributed by atoms with Gasteiger partial charge in [0.25, 0.3) is 5.91 Å². The van der Waals surface area contributed by atoms with Gasteiger partial charge in [-0.05, 0) is 76.4 Å². The van der Waals surface area contributed by atoms with E-state index in [1.807, 2.05) is 51.1 Å². The van der Waals surface area contributed by atoms with Gasteiger partial charge in [0.2, 0.25) is 15.9 Å². The van der Waals surface area contributed by atoms with Crippen molar-refractivity contribution in [2.75, 3.05) is 18.9 Å². The van der Waals surface area contributed by atoms with Crippen molar-refractivity contribution in [3.63, 3.8) is 0 Å². The molecule has 10 heteroatoms. The zero-order chi connectivity index (χ0) is 27.3. The van der Waals surface area contributed by atoms with E-state index in [1.165, 1.54) is 0 Å². The summed E-state index contributed by atoms with van der Waals surface area (Å²) in [5, 5.41) is 7.62. The summed E-state index contributed by atoms with van der Waals surface area (Å²) in [4.78, 5) is 12.5. The Bertz CT molecular complexity index is 1360. The standard InChI is InChI=1S/C28H36N4O5S/c1-5-32-26(37-23-14-12-20(13-15-23)27(33)29-19-24-11-8-16-36-24)18-25(30-32)21-9-7-10-22(17-21)28(3,4)31-38(34,35)6-2/h7,9-10,12-15,17-18,24,31H,5-6,8,11,16,19H2,1-4H3,(H,29,33). The molecule has 1 amide bonds. The number of nitrogens with zero attached hydrogens (tertiary/aromatic N) is 2. The van der Waals surface area contributed by atoms with Crippen molar-refractivity contribution in [1.29, 1.82) is 0 Å². The summed E-state index contributed by atoms with van der Waals surface area (Å²) in [6.45, 7) is 9.13. The van der Waals surface area contributed by atoms with E-state index in [1.54, 1.807) is 35.9 Å². The molecule has 0 spiro atoms. The van der Waals surface area contributed by atoms with Crippen LogP contribution in [0.25, 0.3) is 11.3 Å². The first kappa shape index (κ1) is 27.8. The van der Waals surface area contributed by atoms with Gasteiger partial charge in [-0.2, -0.15) is 5.10 Å². The molecule has 0 radical (unpaired) electrons. The van der Waals surface area contributed by atoms with Gasteiger partial charge in [-0.3, -0.25) is 4.79 Å². The normalized spacial score (nSPS) is 15.9. The number of nitrogens with one attached hydrogen (secondary N) is 2. The summed E-state index contributed by atoms with van der Waals surface area (Å²) in [7, 11) is -3.38. The molecule has 1 unspecified atom stereocenters. The smallest absolute Gasteiger partial charge is 0.251 e. The first-order valence-electron chi connectivity index (χ1n) is 13.0. The molecule has 0 saturated carbocycles. The summed E-state index contributed by atoms with van der Waals surface area (Å²) in [6, 6.07) is 16.5. The molecule has 38 heavy (non-hydrogen) atoms. The Morgan fingerprint density at radius 2 is 1.92 bits per heavy atom. The van der Waals surface area contributed by atoms with Crippen LogP contribution in [0.3, 0.4) is 0 Å². The second-order valence-electron chi connectivity index (χ2n) is 9.87. The number of aromatic nitrogens is 2. The van der Waals surface area contributed by atoms with Gasteiger partial charge >= 0.3 is 0 Å². The fourth-order valence-electron chi connectivity index (χ4n) is 4.35. The number of sulfonamides is 1. The Labute approximate surface area is 224 Å². The largest absolute Gasteiger partial charge is 0.439 e. The Kier molecular flexibility index (Phi) is 8.54. The van der Waals surface area contributed by atoms with E-state index in [-0.39, 0.29) is 17.8 Å². The maximum absolute atomic E-state index is 12.5. The Balaban J connectivity index is 1.47. The second kappa shape index (κ2) is 11.7. The van der Waals surface area contributed by atoms with Crippen LogP contribution in [0.1, 0.15) is 56.5 Å². The maximum atomic E-state index is 12.5. The third-order valence-corrected chi connectivity index (χ3v) is 8.15. The fourth-order valence-corrected chi connectivity index (χ4v) is 5.39. The molecule has 1 aliphatic rings. The molecule has 3 aromatic rings. The summed E-state index contributed by atoms with van der Waals surface area (Å²) >= 11 is 0. The minimum absolute atomic E-state index is 0.0127. The van der Waals surface area contributed by atoms with Gasteiger partial charge in [0.15, 0.2) is 0 Å². The third-order valence-electron chi connectivity index (χ3n) is 6.57. The second-order valence-corrected chi connectivity index (χ2v) is 11.9. The molecule has 2 N–H and O–H groups in total. The fraction of sp³-hybridized carbons (Fsp3) is 0.429. The molecule has 1 fully saturated rings. The Morgan fingerprint density at radius 3 is 2.58 bits per heavy atom. The first-order chi connectivity index (χ1) is 18.1. The van der Waals surface area contributed by atoms with Crippen LogP contribution in [-0.2, 0) is 26.8 Å². The first-order valence-corrected chi connectivity index (χ1v) is 14.6. The van der Waals surface area contributed by atoms with Crippen molar-refractivity contribution < 1.29 is 22.7 Å². The zero-order valence-electron chi connectivity index (χ0n) is 22.4. The predicted octanol–water partition coefficient (Wildman–Crippen LogP) is 4.45. The van der Waals surface area contributed by atoms with E-state index in [4.69, 9.17) is 14.6 Å². The molecule has 1 aliphatic heterocycles.